The quantitative estimate of drug-likeness (QED) is 0.387. The lowest BCUT2D eigenvalue weighted by Crippen LogP contribution is -2.52. The standard InChI is InChI=1S/C29H34FN3O4S/c1-5-26(29(35)31-6-2)32(19-23-15-11-21(3)12-16-23)28(34)20-33(27-10-8-7-9-25(27)30)38(36,37)24-17-13-22(4)14-18-24/h7-18,26H,5-6,19-20H2,1-4H3,(H,31,35). The molecule has 9 heteroatoms. The fraction of sp³-hybridized carbons (Fsp3) is 0.310. The Balaban J connectivity index is 2.06. The van der Waals surface area contributed by atoms with Gasteiger partial charge in [-0.25, -0.2) is 12.8 Å². The van der Waals surface area contributed by atoms with Gasteiger partial charge in [0.25, 0.3) is 10.0 Å². The van der Waals surface area contributed by atoms with Crippen LogP contribution < -0.4 is 9.62 Å². The SMILES string of the molecule is CCNC(=O)C(CC)N(Cc1ccc(C)cc1)C(=O)CN(c1ccccc1F)S(=O)(=O)c1ccc(C)cc1. The van der Waals surface area contributed by atoms with Crippen LogP contribution in [0, 0.1) is 19.7 Å². The predicted octanol–water partition coefficient (Wildman–Crippen LogP) is 4.58. The Hall–Kier alpha value is -3.72. The van der Waals surface area contributed by atoms with Gasteiger partial charge in [0.05, 0.1) is 10.6 Å². The molecule has 0 radical (unpaired) electrons. The van der Waals surface area contributed by atoms with Gasteiger partial charge >= 0.3 is 0 Å². The van der Waals surface area contributed by atoms with Gasteiger partial charge in [0.2, 0.25) is 11.8 Å². The lowest BCUT2D eigenvalue weighted by atomic mass is 10.1. The van der Waals surface area contributed by atoms with E-state index in [-0.39, 0.29) is 23.0 Å². The highest BCUT2D eigenvalue weighted by molar-refractivity contribution is 7.92. The number of nitrogens with zero attached hydrogens (tertiary/aromatic N) is 2. The number of aryl methyl sites for hydroxylation is 2. The van der Waals surface area contributed by atoms with Gasteiger partial charge in [0.1, 0.15) is 18.4 Å². The van der Waals surface area contributed by atoms with Crippen LogP contribution in [0.2, 0.25) is 0 Å². The van der Waals surface area contributed by atoms with Gasteiger partial charge < -0.3 is 10.2 Å². The number of nitrogens with one attached hydrogen (secondary N) is 1. The Morgan fingerprint density at radius 3 is 2.03 bits per heavy atom. The number of benzene rings is 3. The Kier molecular flexibility index (Phi) is 9.63. The molecule has 0 saturated heterocycles. The maximum absolute atomic E-state index is 14.9. The van der Waals surface area contributed by atoms with Crippen molar-refractivity contribution in [2.75, 3.05) is 17.4 Å². The molecule has 1 atom stereocenters. The van der Waals surface area contributed by atoms with E-state index in [0.29, 0.717) is 13.0 Å². The van der Waals surface area contributed by atoms with E-state index in [1.807, 2.05) is 38.1 Å². The molecule has 0 heterocycles. The molecule has 0 bridgehead atoms. The summed E-state index contributed by atoms with van der Waals surface area (Å²) in [4.78, 5) is 28.1. The summed E-state index contributed by atoms with van der Waals surface area (Å²) in [5.41, 5.74) is 2.43. The van der Waals surface area contributed by atoms with Crippen molar-refractivity contribution < 1.29 is 22.4 Å². The highest BCUT2D eigenvalue weighted by Crippen LogP contribution is 2.27. The number of likely N-dealkylation sites (N-methyl/N-ethyl adjacent to an activating group) is 1. The van der Waals surface area contributed by atoms with E-state index in [1.165, 1.54) is 35.2 Å². The molecule has 3 rings (SSSR count). The molecule has 202 valence electrons. The van der Waals surface area contributed by atoms with Crippen LogP contribution in [0.15, 0.2) is 77.7 Å². The number of hydrogen-bond donors (Lipinski definition) is 1. The number of amides is 2. The third kappa shape index (κ3) is 6.77. The number of rotatable bonds is 11. The Morgan fingerprint density at radius 2 is 1.47 bits per heavy atom. The van der Waals surface area contributed by atoms with E-state index in [9.17, 15) is 22.4 Å². The van der Waals surface area contributed by atoms with Crippen LogP contribution >= 0.6 is 0 Å². The average Bonchev–Trinajstić information content (AvgIpc) is 2.89. The second-order valence-electron chi connectivity index (χ2n) is 9.10. The van der Waals surface area contributed by atoms with Crippen LogP contribution in [0.5, 0.6) is 0 Å². The molecule has 1 unspecified atom stereocenters. The molecule has 3 aromatic rings. The summed E-state index contributed by atoms with van der Waals surface area (Å²) in [6, 6.07) is 18.2. The van der Waals surface area contributed by atoms with Gasteiger partial charge in [-0.2, -0.15) is 0 Å². The third-order valence-corrected chi connectivity index (χ3v) is 7.99. The molecule has 3 aromatic carbocycles. The number of para-hydroxylation sites is 1. The van der Waals surface area contributed by atoms with Crippen molar-refractivity contribution in [3.05, 3.63) is 95.3 Å². The van der Waals surface area contributed by atoms with Crippen molar-refractivity contribution >= 4 is 27.5 Å². The average molecular weight is 540 g/mol. The largest absolute Gasteiger partial charge is 0.355 e. The van der Waals surface area contributed by atoms with Crippen molar-refractivity contribution in [2.45, 2.75) is 51.6 Å². The van der Waals surface area contributed by atoms with E-state index in [0.717, 1.165) is 27.1 Å². The monoisotopic (exact) mass is 539 g/mol. The number of carbonyl (C=O) groups is 2. The molecule has 0 spiro atoms. The fourth-order valence-corrected chi connectivity index (χ4v) is 5.53. The van der Waals surface area contributed by atoms with E-state index < -0.39 is 34.3 Å². The maximum Gasteiger partial charge on any atom is 0.264 e. The van der Waals surface area contributed by atoms with Crippen LogP contribution in [0.3, 0.4) is 0 Å². The van der Waals surface area contributed by atoms with E-state index in [2.05, 4.69) is 5.32 Å². The zero-order valence-electron chi connectivity index (χ0n) is 22.1. The lowest BCUT2D eigenvalue weighted by Gasteiger charge is -2.33. The first-order valence-corrected chi connectivity index (χ1v) is 14.0. The number of halogens is 1. The summed E-state index contributed by atoms with van der Waals surface area (Å²) in [6.45, 7) is 7.12. The minimum Gasteiger partial charge on any atom is -0.355 e. The molecule has 2 amide bonds. The van der Waals surface area contributed by atoms with Gasteiger partial charge in [-0.3, -0.25) is 13.9 Å². The van der Waals surface area contributed by atoms with Crippen molar-refractivity contribution in [1.82, 2.24) is 10.2 Å². The number of hydrogen-bond acceptors (Lipinski definition) is 4. The predicted molar refractivity (Wildman–Crippen MR) is 147 cm³/mol. The first-order valence-electron chi connectivity index (χ1n) is 12.5. The molecule has 0 aromatic heterocycles. The molecule has 7 nitrogen and oxygen atoms in total. The molecule has 1 N–H and O–H groups in total. The summed E-state index contributed by atoms with van der Waals surface area (Å²) in [5, 5.41) is 2.76. The molecule has 0 fully saturated rings. The van der Waals surface area contributed by atoms with Crippen molar-refractivity contribution in [3.8, 4) is 0 Å². The first-order chi connectivity index (χ1) is 18.1. The molecule has 0 aliphatic heterocycles. The number of anilines is 1. The van der Waals surface area contributed by atoms with Crippen molar-refractivity contribution in [1.29, 1.82) is 0 Å². The van der Waals surface area contributed by atoms with Crippen molar-refractivity contribution in [3.63, 3.8) is 0 Å². The van der Waals surface area contributed by atoms with Gasteiger partial charge in [-0.1, -0.05) is 66.6 Å². The van der Waals surface area contributed by atoms with E-state index >= 15 is 0 Å². The van der Waals surface area contributed by atoms with Gasteiger partial charge in [0, 0.05) is 13.1 Å². The second kappa shape index (κ2) is 12.7. The second-order valence-corrected chi connectivity index (χ2v) is 11.0. The summed E-state index contributed by atoms with van der Waals surface area (Å²) in [7, 11) is -4.32. The first kappa shape index (κ1) is 28.8. The summed E-state index contributed by atoms with van der Waals surface area (Å²) in [6.07, 6.45) is 0.313. The Morgan fingerprint density at radius 1 is 0.895 bits per heavy atom. The molecule has 38 heavy (non-hydrogen) atoms. The molecule has 0 saturated carbocycles. The molecule has 0 aliphatic rings. The maximum atomic E-state index is 14.9. The highest BCUT2D eigenvalue weighted by atomic mass is 32.2. The van der Waals surface area contributed by atoms with Crippen LogP contribution in [0.1, 0.15) is 37.0 Å². The van der Waals surface area contributed by atoms with Gasteiger partial charge in [-0.15, -0.1) is 0 Å². The number of carbonyl (C=O) groups excluding carboxylic acids is 2. The van der Waals surface area contributed by atoms with Crippen LogP contribution in [0.4, 0.5) is 10.1 Å². The summed E-state index contributed by atoms with van der Waals surface area (Å²) < 4.78 is 43.2. The minimum absolute atomic E-state index is 0.0694. The van der Waals surface area contributed by atoms with Crippen LogP contribution in [-0.4, -0.2) is 44.3 Å². The van der Waals surface area contributed by atoms with Gasteiger partial charge in [0.15, 0.2) is 0 Å². The lowest BCUT2D eigenvalue weighted by molar-refractivity contribution is -0.140. The van der Waals surface area contributed by atoms with Gasteiger partial charge in [-0.05, 0) is 57.0 Å². The minimum atomic E-state index is -4.32. The van der Waals surface area contributed by atoms with Crippen LogP contribution in [0.25, 0.3) is 0 Å². The third-order valence-electron chi connectivity index (χ3n) is 6.22. The normalized spacial score (nSPS) is 12.0. The zero-order valence-corrected chi connectivity index (χ0v) is 23.0. The highest BCUT2D eigenvalue weighted by Gasteiger charge is 2.34. The van der Waals surface area contributed by atoms with Crippen molar-refractivity contribution in [2.24, 2.45) is 0 Å². The summed E-state index contributed by atoms with van der Waals surface area (Å²) in [5.74, 6) is -1.74. The molecular weight excluding hydrogens is 505 g/mol. The van der Waals surface area contributed by atoms with Crippen LogP contribution in [-0.2, 0) is 26.2 Å². The molecule has 0 aliphatic carbocycles. The van der Waals surface area contributed by atoms with E-state index in [1.54, 1.807) is 26.0 Å². The zero-order chi connectivity index (χ0) is 27.9. The Labute approximate surface area is 224 Å². The fourth-order valence-electron chi connectivity index (χ4n) is 4.11. The van der Waals surface area contributed by atoms with E-state index in [4.69, 9.17) is 0 Å². The number of sulfonamides is 1. The topological polar surface area (TPSA) is 86.8 Å². The smallest absolute Gasteiger partial charge is 0.264 e. The summed E-state index contributed by atoms with van der Waals surface area (Å²) >= 11 is 0. The Bertz CT molecular complexity index is 1360. The molecular formula is C29H34FN3O4S.